The number of carbonyl (C=O) groups is 1. The van der Waals surface area contributed by atoms with Crippen molar-refractivity contribution in [2.75, 3.05) is 6.61 Å². The van der Waals surface area contributed by atoms with Gasteiger partial charge in [-0.15, -0.1) is 0 Å². The molecule has 0 heterocycles. The molecule has 4 bridgehead atoms. The molecule has 0 aromatic rings. The summed E-state index contributed by atoms with van der Waals surface area (Å²) >= 11 is 0. The van der Waals surface area contributed by atoms with Crippen molar-refractivity contribution in [1.82, 2.24) is 0 Å². The molecule has 2 atom stereocenters. The van der Waals surface area contributed by atoms with E-state index in [-0.39, 0.29) is 10.9 Å². The molecule has 0 spiro atoms. The molecule has 2 unspecified atom stereocenters. The normalized spacial score (nSPS) is 43.2. The van der Waals surface area contributed by atoms with Crippen LogP contribution in [0.1, 0.15) is 51.9 Å². The van der Waals surface area contributed by atoms with Crippen LogP contribution in [0.15, 0.2) is 0 Å². The smallest absolute Gasteiger partial charge is 0.312 e. The van der Waals surface area contributed by atoms with Crippen LogP contribution >= 0.6 is 0 Å². The lowest BCUT2D eigenvalue weighted by Crippen LogP contribution is -2.61. The maximum absolute atomic E-state index is 12.4. The second-order valence-corrected chi connectivity index (χ2v) is 6.86. The van der Waals surface area contributed by atoms with Crippen molar-refractivity contribution in [3.8, 4) is 0 Å². The molecule has 0 amide bonds. The summed E-state index contributed by atoms with van der Waals surface area (Å²) in [5, 5.41) is 11.5. The molecule has 4 aliphatic rings. The van der Waals surface area contributed by atoms with E-state index in [1.165, 1.54) is 0 Å². The predicted molar refractivity (Wildman–Crippen MR) is 68.1 cm³/mol. The summed E-state index contributed by atoms with van der Waals surface area (Å²) in [6, 6.07) is 0. The number of carbonyl (C=O) groups excluding carboxylic acids is 1. The molecule has 0 N–H and O–H groups in total. The van der Waals surface area contributed by atoms with Gasteiger partial charge in [0.25, 0.3) is 0 Å². The van der Waals surface area contributed by atoms with E-state index in [2.05, 4.69) is 0 Å². The van der Waals surface area contributed by atoms with Crippen LogP contribution in [0.25, 0.3) is 0 Å². The Morgan fingerprint density at radius 2 is 1.95 bits per heavy atom. The second kappa shape index (κ2) is 4.18. The Balaban J connectivity index is 1.87. The van der Waals surface area contributed by atoms with Crippen LogP contribution in [0.3, 0.4) is 0 Å². The van der Waals surface area contributed by atoms with Crippen LogP contribution in [0.2, 0.25) is 0 Å². The second-order valence-electron chi connectivity index (χ2n) is 6.86. The number of esters is 1. The molecule has 5 heteroatoms. The third-order valence-corrected chi connectivity index (χ3v) is 5.29. The lowest BCUT2D eigenvalue weighted by Gasteiger charge is -2.56. The van der Waals surface area contributed by atoms with E-state index in [0.29, 0.717) is 37.7 Å². The maximum Gasteiger partial charge on any atom is 0.312 e. The topological polar surface area (TPSA) is 69.4 Å². The predicted octanol–water partition coefficient (Wildman–Crippen LogP) is 2.56. The first kappa shape index (κ1) is 12.9. The van der Waals surface area contributed by atoms with E-state index in [4.69, 9.17) is 4.74 Å². The molecular weight excluding hydrogens is 246 g/mol. The Kier molecular flexibility index (Phi) is 2.84. The van der Waals surface area contributed by atoms with Gasteiger partial charge < -0.3 is 4.74 Å². The van der Waals surface area contributed by atoms with Gasteiger partial charge in [0.05, 0.1) is 12.0 Å². The van der Waals surface area contributed by atoms with Crippen LogP contribution in [0, 0.1) is 27.4 Å². The van der Waals surface area contributed by atoms with Crippen molar-refractivity contribution in [1.29, 1.82) is 0 Å². The highest BCUT2D eigenvalue weighted by atomic mass is 16.6. The Morgan fingerprint density at radius 3 is 2.47 bits per heavy atom. The SMILES string of the molecule is CCCOC(=O)C12CC3CC(C1)CC([N+](=O)[O-])(C3)C2. The Labute approximate surface area is 112 Å². The number of rotatable bonds is 4. The van der Waals surface area contributed by atoms with Crippen molar-refractivity contribution in [3.05, 3.63) is 10.1 Å². The van der Waals surface area contributed by atoms with Crippen LogP contribution < -0.4 is 0 Å². The van der Waals surface area contributed by atoms with Gasteiger partial charge in [-0.2, -0.15) is 0 Å². The summed E-state index contributed by atoms with van der Waals surface area (Å²) in [7, 11) is 0. The standard InChI is InChI=1S/C14H21NO4/c1-2-3-19-12(16)13-5-10-4-11(6-13)8-14(7-10,9-13)15(17)18/h10-11H,2-9H2,1H3. The molecular formula is C14H21NO4. The highest BCUT2D eigenvalue weighted by molar-refractivity contribution is 5.77. The lowest BCUT2D eigenvalue weighted by molar-refractivity contribution is -0.590. The quantitative estimate of drug-likeness (QED) is 0.446. The average molecular weight is 267 g/mol. The first-order chi connectivity index (χ1) is 9.00. The molecule has 0 aliphatic heterocycles. The van der Waals surface area contributed by atoms with Crippen molar-refractivity contribution in [2.24, 2.45) is 17.3 Å². The third kappa shape index (κ3) is 1.85. The molecule has 0 radical (unpaired) electrons. The highest BCUT2D eigenvalue weighted by Gasteiger charge is 2.66. The van der Waals surface area contributed by atoms with E-state index in [1.54, 1.807) is 0 Å². The fourth-order valence-electron chi connectivity index (χ4n) is 5.01. The molecule has 0 saturated heterocycles. The van der Waals surface area contributed by atoms with Gasteiger partial charge in [-0.1, -0.05) is 6.92 Å². The van der Waals surface area contributed by atoms with Crippen LogP contribution in [-0.4, -0.2) is 23.0 Å². The van der Waals surface area contributed by atoms with Gasteiger partial charge in [0.2, 0.25) is 5.54 Å². The molecule has 0 aromatic heterocycles. The van der Waals surface area contributed by atoms with Crippen molar-refractivity contribution in [2.45, 2.75) is 57.4 Å². The van der Waals surface area contributed by atoms with Crippen molar-refractivity contribution >= 4 is 5.97 Å². The number of hydrogen-bond donors (Lipinski definition) is 0. The molecule has 19 heavy (non-hydrogen) atoms. The van der Waals surface area contributed by atoms with Gasteiger partial charge in [-0.3, -0.25) is 14.9 Å². The van der Waals surface area contributed by atoms with Crippen LogP contribution in [-0.2, 0) is 9.53 Å². The maximum atomic E-state index is 12.4. The minimum atomic E-state index is -0.838. The van der Waals surface area contributed by atoms with Crippen molar-refractivity contribution in [3.63, 3.8) is 0 Å². The summed E-state index contributed by atoms with van der Waals surface area (Å²) in [5.41, 5.74) is -1.39. The number of ether oxygens (including phenoxy) is 1. The van der Waals surface area contributed by atoms with Gasteiger partial charge >= 0.3 is 5.97 Å². The minimum Gasteiger partial charge on any atom is -0.465 e. The fourth-order valence-corrected chi connectivity index (χ4v) is 5.01. The lowest BCUT2D eigenvalue weighted by atomic mass is 9.47. The van der Waals surface area contributed by atoms with Gasteiger partial charge in [0.15, 0.2) is 0 Å². The summed E-state index contributed by atoms with van der Waals surface area (Å²) in [4.78, 5) is 23.8. The Bertz CT molecular complexity index is 406. The zero-order valence-corrected chi connectivity index (χ0v) is 11.4. The van der Waals surface area contributed by atoms with Gasteiger partial charge in [0, 0.05) is 24.2 Å². The molecule has 4 saturated carbocycles. The van der Waals surface area contributed by atoms with E-state index in [0.717, 1.165) is 25.7 Å². The van der Waals surface area contributed by atoms with Gasteiger partial charge in [-0.25, -0.2) is 0 Å². The highest BCUT2D eigenvalue weighted by Crippen LogP contribution is 2.62. The fraction of sp³-hybridized carbons (Fsp3) is 0.929. The van der Waals surface area contributed by atoms with Gasteiger partial charge in [-0.05, 0) is 37.5 Å². The van der Waals surface area contributed by atoms with E-state index < -0.39 is 11.0 Å². The number of nitrogens with zero attached hydrogens (tertiary/aromatic N) is 1. The van der Waals surface area contributed by atoms with E-state index >= 15 is 0 Å². The molecule has 4 rings (SSSR count). The summed E-state index contributed by atoms with van der Waals surface area (Å²) < 4.78 is 5.34. The first-order valence-electron chi connectivity index (χ1n) is 7.31. The monoisotopic (exact) mass is 267 g/mol. The number of nitro groups is 1. The van der Waals surface area contributed by atoms with Crippen molar-refractivity contribution < 1.29 is 14.5 Å². The van der Waals surface area contributed by atoms with E-state index in [9.17, 15) is 14.9 Å². The van der Waals surface area contributed by atoms with Gasteiger partial charge in [0.1, 0.15) is 0 Å². The minimum absolute atomic E-state index is 0.105. The average Bonchev–Trinajstić information content (AvgIpc) is 2.34. The molecule has 4 fully saturated rings. The van der Waals surface area contributed by atoms with Crippen LogP contribution in [0.5, 0.6) is 0 Å². The molecule has 0 aromatic carbocycles. The first-order valence-corrected chi connectivity index (χ1v) is 7.31. The Morgan fingerprint density at radius 1 is 1.32 bits per heavy atom. The van der Waals surface area contributed by atoms with E-state index in [1.807, 2.05) is 6.92 Å². The summed E-state index contributed by atoms with van der Waals surface area (Å²) in [5.74, 6) is 0.524. The molecule has 5 nitrogen and oxygen atoms in total. The summed E-state index contributed by atoms with van der Waals surface area (Å²) in [6.07, 6.45) is 5.22. The molecule has 106 valence electrons. The zero-order chi connectivity index (χ0) is 13.7. The van der Waals surface area contributed by atoms with Crippen LogP contribution in [0.4, 0.5) is 0 Å². The third-order valence-electron chi connectivity index (χ3n) is 5.29. The Hall–Kier alpha value is -1.13. The molecule has 4 aliphatic carbocycles. The summed E-state index contributed by atoms with van der Waals surface area (Å²) in [6.45, 7) is 2.40. The zero-order valence-electron chi connectivity index (χ0n) is 11.4. The number of hydrogen-bond acceptors (Lipinski definition) is 4. The largest absolute Gasteiger partial charge is 0.465 e.